The van der Waals surface area contributed by atoms with E-state index in [0.717, 1.165) is 47.2 Å². The van der Waals surface area contributed by atoms with Crippen molar-refractivity contribution in [2.45, 2.75) is 26.4 Å². The number of aryl methyl sites for hydroxylation is 1. The Bertz CT molecular complexity index is 821. The molecule has 2 aromatic rings. The van der Waals surface area contributed by atoms with Crippen molar-refractivity contribution in [3.05, 3.63) is 46.9 Å². The second-order valence-corrected chi connectivity index (χ2v) is 6.65. The third-order valence-corrected chi connectivity index (χ3v) is 4.91. The summed E-state index contributed by atoms with van der Waals surface area (Å²) < 4.78 is 5.96. The van der Waals surface area contributed by atoms with Crippen LogP contribution in [-0.2, 0) is 17.8 Å². The van der Waals surface area contributed by atoms with Crippen LogP contribution in [0.25, 0.3) is 0 Å². The van der Waals surface area contributed by atoms with E-state index < -0.39 is 0 Å². The Morgan fingerprint density at radius 1 is 1.12 bits per heavy atom. The molecule has 2 aliphatic rings. The largest absolute Gasteiger partial charge is 0.487 e. The third-order valence-electron chi connectivity index (χ3n) is 4.91. The van der Waals surface area contributed by atoms with Gasteiger partial charge in [-0.3, -0.25) is 4.79 Å². The van der Waals surface area contributed by atoms with Crippen LogP contribution in [0.15, 0.2) is 24.3 Å². The molecule has 0 N–H and O–H groups in total. The average molecular weight is 338 g/mol. The summed E-state index contributed by atoms with van der Waals surface area (Å²) >= 11 is 0. The molecule has 0 radical (unpaired) electrons. The first-order chi connectivity index (χ1) is 12.1. The summed E-state index contributed by atoms with van der Waals surface area (Å²) in [5.41, 5.74) is 3.22. The number of para-hydroxylation sites is 1. The normalized spacial score (nSPS) is 17.3. The highest BCUT2D eigenvalue weighted by Gasteiger charge is 2.25. The van der Waals surface area contributed by atoms with Crippen LogP contribution in [0.3, 0.4) is 0 Å². The molecule has 1 aromatic heterocycles. The van der Waals surface area contributed by atoms with E-state index in [1.807, 2.05) is 32.2 Å². The van der Waals surface area contributed by atoms with Crippen LogP contribution in [-0.4, -0.2) is 47.5 Å². The topological polar surface area (TPSA) is 58.6 Å². The molecule has 0 saturated carbocycles. The van der Waals surface area contributed by atoms with Crippen molar-refractivity contribution >= 4 is 11.7 Å². The van der Waals surface area contributed by atoms with E-state index in [4.69, 9.17) is 9.72 Å². The molecule has 4 rings (SSSR count). The molecule has 0 unspecified atom stereocenters. The number of hydrogen-bond acceptors (Lipinski definition) is 5. The highest BCUT2D eigenvalue weighted by atomic mass is 16.5. The number of anilines is 1. The van der Waals surface area contributed by atoms with Gasteiger partial charge in [-0.2, -0.15) is 0 Å². The number of carbonyl (C=O) groups is 1. The Morgan fingerprint density at radius 3 is 2.84 bits per heavy atom. The maximum atomic E-state index is 12.0. The van der Waals surface area contributed by atoms with E-state index in [0.29, 0.717) is 26.1 Å². The number of carbonyl (C=O) groups excluding carboxylic acids is 1. The van der Waals surface area contributed by atoms with Gasteiger partial charge in [-0.1, -0.05) is 18.2 Å². The molecule has 0 aliphatic carbocycles. The lowest BCUT2D eigenvalue weighted by molar-refractivity contribution is -0.129. The Kier molecular flexibility index (Phi) is 4.03. The predicted molar refractivity (Wildman–Crippen MR) is 94.8 cm³/mol. The Hall–Kier alpha value is -2.63. The zero-order valence-electron chi connectivity index (χ0n) is 14.7. The third kappa shape index (κ3) is 3.04. The fourth-order valence-electron chi connectivity index (χ4n) is 3.47. The molecule has 0 atom stereocenters. The molecule has 2 aliphatic heterocycles. The standard InChI is InChI=1S/C19H22N4O2/c1-13-20-16-12-25-17-6-4-3-5-14(17)11-15(16)19(21-13)23-8-7-18(24)22(2)9-10-23/h3-6H,7-12H2,1-2H3. The van der Waals surface area contributed by atoms with E-state index in [-0.39, 0.29) is 5.91 Å². The minimum absolute atomic E-state index is 0.188. The number of likely N-dealkylation sites (N-methyl/N-ethyl adjacent to an activating group) is 1. The summed E-state index contributed by atoms with van der Waals surface area (Å²) in [6.45, 7) is 4.55. The van der Waals surface area contributed by atoms with Crippen molar-refractivity contribution in [1.29, 1.82) is 0 Å². The molecule has 1 saturated heterocycles. The minimum atomic E-state index is 0.188. The highest BCUT2D eigenvalue weighted by Crippen LogP contribution is 2.32. The van der Waals surface area contributed by atoms with Gasteiger partial charge in [0.15, 0.2) is 0 Å². The molecular formula is C19H22N4O2. The summed E-state index contributed by atoms with van der Waals surface area (Å²) in [5, 5.41) is 0. The molecule has 1 aromatic carbocycles. The van der Waals surface area contributed by atoms with E-state index >= 15 is 0 Å². The number of benzene rings is 1. The molecule has 3 heterocycles. The lowest BCUT2D eigenvalue weighted by atomic mass is 10.0. The van der Waals surface area contributed by atoms with Gasteiger partial charge in [0.2, 0.25) is 5.91 Å². The lowest BCUT2D eigenvalue weighted by Crippen LogP contribution is -2.31. The highest BCUT2D eigenvalue weighted by molar-refractivity contribution is 5.77. The fraction of sp³-hybridized carbons (Fsp3) is 0.421. The van der Waals surface area contributed by atoms with Gasteiger partial charge in [0.1, 0.15) is 24.0 Å². The van der Waals surface area contributed by atoms with Crippen LogP contribution in [0, 0.1) is 6.92 Å². The number of nitrogens with zero attached hydrogens (tertiary/aromatic N) is 4. The Labute approximate surface area is 147 Å². The van der Waals surface area contributed by atoms with E-state index in [9.17, 15) is 4.79 Å². The smallest absolute Gasteiger partial charge is 0.224 e. The van der Waals surface area contributed by atoms with Gasteiger partial charge in [-0.25, -0.2) is 9.97 Å². The lowest BCUT2D eigenvalue weighted by Gasteiger charge is -2.25. The first kappa shape index (κ1) is 15.9. The first-order valence-electron chi connectivity index (χ1n) is 8.68. The van der Waals surface area contributed by atoms with E-state index in [2.05, 4.69) is 16.0 Å². The molecule has 0 spiro atoms. The number of fused-ring (bicyclic) bond motifs is 2. The second-order valence-electron chi connectivity index (χ2n) is 6.65. The number of ether oxygens (including phenoxy) is 1. The van der Waals surface area contributed by atoms with Gasteiger partial charge in [0.25, 0.3) is 0 Å². The number of rotatable bonds is 1. The van der Waals surface area contributed by atoms with E-state index in [1.54, 1.807) is 4.90 Å². The van der Waals surface area contributed by atoms with Crippen LogP contribution in [0.4, 0.5) is 5.82 Å². The van der Waals surface area contributed by atoms with Gasteiger partial charge in [-0.05, 0) is 18.6 Å². The summed E-state index contributed by atoms with van der Waals surface area (Å²) in [6.07, 6.45) is 1.27. The van der Waals surface area contributed by atoms with E-state index in [1.165, 1.54) is 0 Å². The van der Waals surface area contributed by atoms with Crippen molar-refractivity contribution in [2.24, 2.45) is 0 Å². The molecule has 25 heavy (non-hydrogen) atoms. The summed E-state index contributed by atoms with van der Waals surface area (Å²) in [4.78, 5) is 25.4. The van der Waals surface area contributed by atoms with Crippen LogP contribution >= 0.6 is 0 Å². The maximum absolute atomic E-state index is 12.0. The molecule has 1 fully saturated rings. The first-order valence-corrected chi connectivity index (χ1v) is 8.68. The van der Waals surface area contributed by atoms with Crippen molar-refractivity contribution in [1.82, 2.24) is 14.9 Å². The molecule has 6 heteroatoms. The minimum Gasteiger partial charge on any atom is -0.487 e. The Balaban J connectivity index is 1.75. The summed E-state index contributed by atoms with van der Waals surface area (Å²) in [7, 11) is 1.86. The summed E-state index contributed by atoms with van der Waals surface area (Å²) in [5.74, 6) is 2.79. The molecule has 130 valence electrons. The fourth-order valence-corrected chi connectivity index (χ4v) is 3.47. The molecular weight excluding hydrogens is 316 g/mol. The number of aromatic nitrogens is 2. The number of hydrogen-bond donors (Lipinski definition) is 0. The van der Waals surface area contributed by atoms with Crippen LogP contribution in [0.1, 0.15) is 29.1 Å². The Morgan fingerprint density at radius 2 is 1.96 bits per heavy atom. The number of amides is 1. The van der Waals surface area contributed by atoms with Crippen molar-refractivity contribution in [3.8, 4) is 5.75 Å². The zero-order chi connectivity index (χ0) is 17.4. The van der Waals surface area contributed by atoms with Gasteiger partial charge in [0.05, 0.1) is 5.69 Å². The van der Waals surface area contributed by atoms with Crippen LogP contribution < -0.4 is 9.64 Å². The quantitative estimate of drug-likeness (QED) is 0.795. The van der Waals surface area contributed by atoms with Gasteiger partial charge in [0, 0.05) is 45.1 Å². The van der Waals surface area contributed by atoms with Gasteiger partial charge in [-0.15, -0.1) is 0 Å². The van der Waals surface area contributed by atoms with Gasteiger partial charge >= 0.3 is 0 Å². The zero-order valence-corrected chi connectivity index (χ0v) is 14.7. The van der Waals surface area contributed by atoms with Crippen LogP contribution in [0.5, 0.6) is 5.75 Å². The predicted octanol–water partition coefficient (Wildman–Crippen LogP) is 1.94. The van der Waals surface area contributed by atoms with Crippen molar-refractivity contribution in [3.63, 3.8) is 0 Å². The average Bonchev–Trinajstić information content (AvgIpc) is 2.89. The maximum Gasteiger partial charge on any atom is 0.224 e. The van der Waals surface area contributed by atoms with Gasteiger partial charge < -0.3 is 14.5 Å². The second kappa shape index (κ2) is 6.35. The monoisotopic (exact) mass is 338 g/mol. The molecule has 1 amide bonds. The summed E-state index contributed by atoms with van der Waals surface area (Å²) in [6, 6.07) is 8.11. The van der Waals surface area contributed by atoms with Crippen molar-refractivity contribution in [2.75, 3.05) is 31.6 Å². The molecule has 0 bridgehead atoms. The van der Waals surface area contributed by atoms with Crippen molar-refractivity contribution < 1.29 is 9.53 Å². The molecule has 6 nitrogen and oxygen atoms in total. The SMILES string of the molecule is Cc1nc2c(c(N3CCC(=O)N(C)CC3)n1)Cc1ccccc1OC2. The van der Waals surface area contributed by atoms with Crippen LogP contribution in [0.2, 0.25) is 0 Å².